The molecule has 4 heteroatoms. The molecule has 1 heterocycles. The first kappa shape index (κ1) is 15.0. The number of aromatic nitrogens is 2. The van der Waals surface area contributed by atoms with Gasteiger partial charge in [-0.3, -0.25) is 4.79 Å². The van der Waals surface area contributed by atoms with Crippen molar-refractivity contribution in [3.8, 4) is 34.0 Å². The van der Waals surface area contributed by atoms with E-state index in [1.165, 1.54) is 0 Å². The third kappa shape index (κ3) is 3.10. The molecule has 0 saturated heterocycles. The highest BCUT2D eigenvalue weighted by atomic mass is 16.4. The fraction of sp³-hybridized carbons (Fsp3) is 0. The molecule has 0 amide bonds. The Bertz CT molecular complexity index is 1010. The maximum absolute atomic E-state index is 10.7. The van der Waals surface area contributed by atoms with Crippen LogP contribution in [-0.4, -0.2) is 16.5 Å². The fourth-order valence-corrected chi connectivity index (χ4v) is 2.62. The third-order valence-electron chi connectivity index (χ3n) is 3.94. The smallest absolute Gasteiger partial charge is 0.248 e. The first-order valence-electron chi connectivity index (χ1n) is 7.88. The van der Waals surface area contributed by atoms with Crippen LogP contribution < -0.4 is 0 Å². The average molecular weight is 326 g/mol. The van der Waals surface area contributed by atoms with Gasteiger partial charge in [-0.15, -0.1) is 10.2 Å². The van der Waals surface area contributed by atoms with Crippen LogP contribution in [0.3, 0.4) is 0 Å². The molecule has 4 nitrogen and oxygen atoms in total. The van der Waals surface area contributed by atoms with Crippen LogP contribution in [0.1, 0.15) is 10.4 Å². The number of carbonyl (C=O) groups is 1. The zero-order valence-corrected chi connectivity index (χ0v) is 13.3. The molecule has 0 spiro atoms. The molecule has 3 aromatic carbocycles. The van der Waals surface area contributed by atoms with Gasteiger partial charge in [-0.25, -0.2) is 0 Å². The number of hydrogen-bond donors (Lipinski definition) is 0. The highest BCUT2D eigenvalue weighted by molar-refractivity contribution is 5.76. The highest BCUT2D eigenvalue weighted by Gasteiger charge is 2.11. The summed E-state index contributed by atoms with van der Waals surface area (Å²) in [4.78, 5) is 10.7. The summed E-state index contributed by atoms with van der Waals surface area (Å²) in [5.41, 5.74) is 4.48. The Labute approximate surface area is 144 Å². The molecule has 0 unspecified atom stereocenters. The summed E-state index contributed by atoms with van der Waals surface area (Å²) in [5.74, 6) is 0.893. The lowest BCUT2D eigenvalue weighted by atomic mass is 10.0. The number of nitrogens with zero attached hydrogens (tertiary/aromatic N) is 2. The van der Waals surface area contributed by atoms with Gasteiger partial charge >= 0.3 is 0 Å². The van der Waals surface area contributed by atoms with Crippen molar-refractivity contribution in [2.75, 3.05) is 0 Å². The van der Waals surface area contributed by atoms with Gasteiger partial charge in [-0.2, -0.15) is 0 Å². The van der Waals surface area contributed by atoms with Crippen molar-refractivity contribution in [2.24, 2.45) is 0 Å². The molecule has 0 aliphatic carbocycles. The van der Waals surface area contributed by atoms with E-state index < -0.39 is 0 Å². The molecular weight excluding hydrogens is 312 g/mol. The predicted molar refractivity (Wildman–Crippen MR) is 96.0 cm³/mol. The monoisotopic (exact) mass is 326 g/mol. The van der Waals surface area contributed by atoms with Gasteiger partial charge in [0.25, 0.3) is 0 Å². The third-order valence-corrected chi connectivity index (χ3v) is 3.94. The fourth-order valence-electron chi connectivity index (χ4n) is 2.62. The molecule has 0 aliphatic heterocycles. The molecule has 0 atom stereocenters. The Balaban J connectivity index is 1.67. The minimum atomic E-state index is 0.428. The van der Waals surface area contributed by atoms with E-state index in [1.54, 1.807) is 24.3 Å². The molecule has 4 rings (SSSR count). The van der Waals surface area contributed by atoms with Gasteiger partial charge in [0.2, 0.25) is 11.8 Å². The molecule has 0 aliphatic rings. The van der Waals surface area contributed by atoms with E-state index in [-0.39, 0.29) is 0 Å². The van der Waals surface area contributed by atoms with E-state index in [0.717, 1.165) is 28.5 Å². The molecule has 1 aromatic heterocycles. The lowest BCUT2D eigenvalue weighted by molar-refractivity contribution is 0.112. The molecular formula is C21H14N2O2. The van der Waals surface area contributed by atoms with E-state index in [0.29, 0.717) is 17.3 Å². The number of carbonyl (C=O) groups excluding carboxylic acids is 1. The maximum Gasteiger partial charge on any atom is 0.248 e. The summed E-state index contributed by atoms with van der Waals surface area (Å²) >= 11 is 0. The van der Waals surface area contributed by atoms with Crippen LogP contribution in [0.15, 0.2) is 83.3 Å². The van der Waals surface area contributed by atoms with Gasteiger partial charge in [0.05, 0.1) is 0 Å². The Morgan fingerprint density at radius 1 is 0.640 bits per heavy atom. The molecule has 25 heavy (non-hydrogen) atoms. The largest absolute Gasteiger partial charge is 0.416 e. The molecule has 120 valence electrons. The summed E-state index contributed by atoms with van der Waals surface area (Å²) in [6.07, 6.45) is 0.804. The summed E-state index contributed by atoms with van der Waals surface area (Å²) in [5, 5.41) is 8.27. The summed E-state index contributed by atoms with van der Waals surface area (Å²) in [6.45, 7) is 0. The second-order valence-corrected chi connectivity index (χ2v) is 5.60. The molecule has 0 N–H and O–H groups in total. The number of aldehydes is 1. The van der Waals surface area contributed by atoms with Crippen LogP contribution in [0.5, 0.6) is 0 Å². The average Bonchev–Trinajstić information content (AvgIpc) is 3.19. The van der Waals surface area contributed by atoms with Crippen molar-refractivity contribution in [1.82, 2.24) is 10.2 Å². The minimum Gasteiger partial charge on any atom is -0.416 e. The zero-order chi connectivity index (χ0) is 17.1. The van der Waals surface area contributed by atoms with E-state index in [1.807, 2.05) is 42.5 Å². The molecule has 0 saturated carbocycles. The van der Waals surface area contributed by atoms with Crippen molar-refractivity contribution in [1.29, 1.82) is 0 Å². The molecule has 0 fully saturated rings. The SMILES string of the molecule is O=Cc1ccc(-c2nnc(-c3cccc(-c4ccccc4)c3)o2)cc1. The Hall–Kier alpha value is -3.53. The quantitative estimate of drug-likeness (QED) is 0.501. The topological polar surface area (TPSA) is 56.0 Å². The molecule has 0 radical (unpaired) electrons. The number of benzene rings is 3. The summed E-state index contributed by atoms with van der Waals surface area (Å²) in [7, 11) is 0. The van der Waals surface area contributed by atoms with Gasteiger partial charge in [0.15, 0.2) is 0 Å². The first-order valence-corrected chi connectivity index (χ1v) is 7.88. The normalized spacial score (nSPS) is 10.6. The molecule has 4 aromatic rings. The van der Waals surface area contributed by atoms with Crippen molar-refractivity contribution in [3.63, 3.8) is 0 Å². The van der Waals surface area contributed by atoms with E-state index in [4.69, 9.17) is 4.42 Å². The van der Waals surface area contributed by atoms with Gasteiger partial charge in [-0.05, 0) is 35.4 Å². The van der Waals surface area contributed by atoms with Gasteiger partial charge in [0, 0.05) is 16.7 Å². The standard InChI is InChI=1S/C21H14N2O2/c24-14-15-9-11-17(12-10-15)20-22-23-21(25-20)19-8-4-7-18(13-19)16-5-2-1-3-6-16/h1-14H. The van der Waals surface area contributed by atoms with Crippen LogP contribution in [-0.2, 0) is 0 Å². The van der Waals surface area contributed by atoms with E-state index in [9.17, 15) is 4.79 Å². The predicted octanol–water partition coefficient (Wildman–Crippen LogP) is 4.88. The van der Waals surface area contributed by atoms with Crippen LogP contribution in [0.2, 0.25) is 0 Å². The summed E-state index contributed by atoms with van der Waals surface area (Å²) < 4.78 is 5.81. The Morgan fingerprint density at radius 3 is 2.00 bits per heavy atom. The van der Waals surface area contributed by atoms with Gasteiger partial charge < -0.3 is 4.42 Å². The zero-order valence-electron chi connectivity index (χ0n) is 13.3. The van der Waals surface area contributed by atoms with Crippen molar-refractivity contribution >= 4 is 6.29 Å². The van der Waals surface area contributed by atoms with Crippen LogP contribution in [0.4, 0.5) is 0 Å². The highest BCUT2D eigenvalue weighted by Crippen LogP contribution is 2.27. The van der Waals surface area contributed by atoms with Gasteiger partial charge in [0.1, 0.15) is 6.29 Å². The number of hydrogen-bond acceptors (Lipinski definition) is 4. The van der Waals surface area contributed by atoms with Crippen LogP contribution in [0.25, 0.3) is 34.0 Å². The Kier molecular flexibility index (Phi) is 3.92. The van der Waals surface area contributed by atoms with Crippen LogP contribution >= 0.6 is 0 Å². The maximum atomic E-state index is 10.7. The second kappa shape index (κ2) is 6.53. The second-order valence-electron chi connectivity index (χ2n) is 5.60. The van der Waals surface area contributed by atoms with E-state index in [2.05, 4.69) is 22.3 Å². The lowest BCUT2D eigenvalue weighted by Gasteiger charge is -2.02. The lowest BCUT2D eigenvalue weighted by Crippen LogP contribution is -1.81. The Morgan fingerprint density at radius 2 is 1.28 bits per heavy atom. The minimum absolute atomic E-state index is 0.428. The number of rotatable bonds is 4. The molecule has 0 bridgehead atoms. The van der Waals surface area contributed by atoms with Crippen molar-refractivity contribution in [2.45, 2.75) is 0 Å². The first-order chi connectivity index (χ1) is 12.3. The van der Waals surface area contributed by atoms with Crippen molar-refractivity contribution in [3.05, 3.63) is 84.4 Å². The van der Waals surface area contributed by atoms with Crippen LogP contribution in [0, 0.1) is 0 Å². The van der Waals surface area contributed by atoms with E-state index >= 15 is 0 Å². The van der Waals surface area contributed by atoms with Crippen molar-refractivity contribution < 1.29 is 9.21 Å². The summed E-state index contributed by atoms with van der Waals surface area (Å²) in [6, 6.07) is 25.2. The van der Waals surface area contributed by atoms with Gasteiger partial charge in [-0.1, -0.05) is 54.6 Å².